The fourth-order valence-electron chi connectivity index (χ4n) is 2.79. The predicted molar refractivity (Wildman–Crippen MR) is 86.0 cm³/mol. The minimum atomic E-state index is -0.287. The molecule has 4 nitrogen and oxygen atoms in total. The van der Waals surface area contributed by atoms with Gasteiger partial charge in [-0.2, -0.15) is 0 Å². The predicted octanol–water partition coefficient (Wildman–Crippen LogP) is 3.34. The molecule has 0 N–H and O–H groups in total. The number of hydrogen-bond acceptors (Lipinski definition) is 3. The van der Waals surface area contributed by atoms with E-state index in [0.29, 0.717) is 54.6 Å². The van der Waals surface area contributed by atoms with Crippen LogP contribution in [0.4, 0.5) is 4.39 Å². The lowest BCUT2D eigenvalue weighted by Gasteiger charge is -2.34. The lowest BCUT2D eigenvalue weighted by atomic mass is 10.1. The third-order valence-electron chi connectivity index (χ3n) is 4.19. The number of amides is 1. The zero-order valence-corrected chi connectivity index (χ0v) is 13.6. The van der Waals surface area contributed by atoms with Crippen molar-refractivity contribution in [2.24, 2.45) is 0 Å². The summed E-state index contributed by atoms with van der Waals surface area (Å²) in [5.74, 6) is 0.334. The molecule has 2 aromatic rings. The average Bonchev–Trinajstić information content (AvgIpc) is 2.97. The van der Waals surface area contributed by atoms with E-state index in [1.54, 1.807) is 30.0 Å². The number of hydrogen-bond donors (Lipinski definition) is 0. The number of benzene rings is 1. The third kappa shape index (κ3) is 3.41. The molecule has 1 aliphatic rings. The summed E-state index contributed by atoms with van der Waals surface area (Å²) in [6.07, 6.45) is 1.53. The number of nitrogens with zero attached hydrogens (tertiary/aromatic N) is 2. The topological polar surface area (TPSA) is 36.7 Å². The first-order valence-electron chi connectivity index (χ1n) is 7.55. The molecule has 23 heavy (non-hydrogen) atoms. The highest BCUT2D eigenvalue weighted by Gasteiger charge is 2.24. The van der Waals surface area contributed by atoms with Crippen LogP contribution in [0.25, 0.3) is 0 Å². The van der Waals surface area contributed by atoms with Gasteiger partial charge in [0.05, 0.1) is 11.8 Å². The maximum Gasteiger partial charge on any atom is 0.257 e. The summed E-state index contributed by atoms with van der Waals surface area (Å²) in [7, 11) is 0. The van der Waals surface area contributed by atoms with Crippen molar-refractivity contribution < 1.29 is 13.6 Å². The lowest BCUT2D eigenvalue weighted by molar-refractivity contribution is 0.0625. The van der Waals surface area contributed by atoms with Crippen LogP contribution in [0.15, 0.2) is 34.9 Å². The molecule has 3 rings (SSSR count). The molecule has 0 unspecified atom stereocenters. The van der Waals surface area contributed by atoms with Crippen LogP contribution in [0.1, 0.15) is 21.7 Å². The minimum Gasteiger partial charge on any atom is -0.469 e. The van der Waals surface area contributed by atoms with Crippen molar-refractivity contribution in [2.75, 3.05) is 26.2 Å². The first kappa shape index (κ1) is 16.0. The van der Waals surface area contributed by atoms with Gasteiger partial charge in [0, 0.05) is 43.3 Å². The first-order chi connectivity index (χ1) is 11.1. The minimum absolute atomic E-state index is 0.0141. The summed E-state index contributed by atoms with van der Waals surface area (Å²) in [5.41, 5.74) is 1.12. The fourth-order valence-corrected chi connectivity index (χ4v) is 3.02. The molecule has 1 fully saturated rings. The normalized spacial score (nSPS) is 15.9. The number of halogens is 2. The Morgan fingerprint density at radius 1 is 1.26 bits per heavy atom. The van der Waals surface area contributed by atoms with Crippen molar-refractivity contribution in [3.05, 3.63) is 58.3 Å². The molecule has 0 saturated carbocycles. The number of carbonyl (C=O) groups is 1. The van der Waals surface area contributed by atoms with Gasteiger partial charge in [0.2, 0.25) is 0 Å². The molecule has 0 bridgehead atoms. The van der Waals surface area contributed by atoms with Crippen molar-refractivity contribution in [2.45, 2.75) is 13.5 Å². The second kappa shape index (κ2) is 6.72. The lowest BCUT2D eigenvalue weighted by Crippen LogP contribution is -2.48. The van der Waals surface area contributed by atoms with Crippen LogP contribution in [0.2, 0.25) is 5.02 Å². The molecule has 1 amide bonds. The largest absolute Gasteiger partial charge is 0.469 e. The maximum absolute atomic E-state index is 13.9. The Bertz CT molecular complexity index is 688. The molecule has 1 saturated heterocycles. The Kier molecular flexibility index (Phi) is 4.68. The molecule has 0 atom stereocenters. The van der Waals surface area contributed by atoms with E-state index in [0.717, 1.165) is 0 Å². The summed E-state index contributed by atoms with van der Waals surface area (Å²) in [6, 6.07) is 6.41. The van der Waals surface area contributed by atoms with E-state index in [1.807, 2.05) is 0 Å². The summed E-state index contributed by atoms with van der Waals surface area (Å²) >= 11 is 6.07. The van der Waals surface area contributed by atoms with Gasteiger partial charge in [-0.05, 0) is 25.1 Å². The molecule has 0 aliphatic carbocycles. The van der Waals surface area contributed by atoms with Crippen LogP contribution >= 0.6 is 11.6 Å². The van der Waals surface area contributed by atoms with Gasteiger partial charge in [-0.3, -0.25) is 9.69 Å². The van der Waals surface area contributed by atoms with Crippen LogP contribution in [-0.4, -0.2) is 41.9 Å². The molecule has 0 spiro atoms. The first-order valence-corrected chi connectivity index (χ1v) is 7.92. The van der Waals surface area contributed by atoms with Crippen molar-refractivity contribution in [1.82, 2.24) is 9.80 Å². The summed E-state index contributed by atoms with van der Waals surface area (Å²) in [4.78, 5) is 16.3. The molecule has 122 valence electrons. The van der Waals surface area contributed by atoms with Gasteiger partial charge in [0.1, 0.15) is 11.6 Å². The van der Waals surface area contributed by atoms with E-state index < -0.39 is 0 Å². The Balaban J connectivity index is 1.61. The Morgan fingerprint density at radius 3 is 2.61 bits per heavy atom. The Labute approximate surface area is 139 Å². The van der Waals surface area contributed by atoms with E-state index >= 15 is 0 Å². The van der Waals surface area contributed by atoms with Gasteiger partial charge in [0.15, 0.2) is 0 Å². The molecule has 1 aliphatic heterocycles. The molecule has 6 heteroatoms. The van der Waals surface area contributed by atoms with Gasteiger partial charge in [0.25, 0.3) is 5.91 Å². The van der Waals surface area contributed by atoms with E-state index in [4.69, 9.17) is 16.0 Å². The number of rotatable bonds is 3. The second-order valence-corrected chi connectivity index (χ2v) is 6.07. The van der Waals surface area contributed by atoms with Crippen LogP contribution in [0.5, 0.6) is 0 Å². The van der Waals surface area contributed by atoms with E-state index in [2.05, 4.69) is 4.90 Å². The average molecular weight is 337 g/mol. The van der Waals surface area contributed by atoms with Crippen LogP contribution in [-0.2, 0) is 6.54 Å². The molecule has 2 heterocycles. The van der Waals surface area contributed by atoms with Gasteiger partial charge in [-0.25, -0.2) is 4.39 Å². The zero-order valence-electron chi connectivity index (χ0n) is 12.9. The third-order valence-corrected chi connectivity index (χ3v) is 4.55. The van der Waals surface area contributed by atoms with Gasteiger partial charge in [-0.1, -0.05) is 17.7 Å². The number of piperazine rings is 1. The number of carbonyl (C=O) groups excluding carboxylic acids is 1. The van der Waals surface area contributed by atoms with Crippen LogP contribution in [0, 0.1) is 12.7 Å². The van der Waals surface area contributed by atoms with Crippen LogP contribution < -0.4 is 0 Å². The summed E-state index contributed by atoms with van der Waals surface area (Å²) < 4.78 is 19.0. The number of furan rings is 1. The highest BCUT2D eigenvalue weighted by atomic mass is 35.5. The highest BCUT2D eigenvalue weighted by Crippen LogP contribution is 2.22. The van der Waals surface area contributed by atoms with Gasteiger partial charge < -0.3 is 9.32 Å². The van der Waals surface area contributed by atoms with Crippen molar-refractivity contribution in [1.29, 1.82) is 0 Å². The van der Waals surface area contributed by atoms with E-state index in [-0.39, 0.29) is 11.7 Å². The summed E-state index contributed by atoms with van der Waals surface area (Å²) in [5, 5.41) is 0.442. The van der Waals surface area contributed by atoms with E-state index in [1.165, 1.54) is 12.3 Å². The van der Waals surface area contributed by atoms with Gasteiger partial charge >= 0.3 is 0 Å². The molecule has 1 aromatic carbocycles. The van der Waals surface area contributed by atoms with E-state index in [9.17, 15) is 9.18 Å². The highest BCUT2D eigenvalue weighted by molar-refractivity contribution is 6.31. The Hall–Kier alpha value is -1.85. The summed E-state index contributed by atoms with van der Waals surface area (Å²) in [6.45, 7) is 4.83. The monoisotopic (exact) mass is 336 g/mol. The van der Waals surface area contributed by atoms with Crippen molar-refractivity contribution in [3.8, 4) is 0 Å². The molecular weight excluding hydrogens is 319 g/mol. The SMILES string of the molecule is Cc1occc1C(=O)N1CCN(Cc2c(F)cccc2Cl)CC1. The van der Waals surface area contributed by atoms with Crippen LogP contribution in [0.3, 0.4) is 0 Å². The number of aryl methyl sites for hydroxylation is 1. The quantitative estimate of drug-likeness (QED) is 0.862. The Morgan fingerprint density at radius 2 is 2.00 bits per heavy atom. The maximum atomic E-state index is 13.9. The van der Waals surface area contributed by atoms with Crippen molar-refractivity contribution >= 4 is 17.5 Å². The zero-order chi connectivity index (χ0) is 16.4. The smallest absolute Gasteiger partial charge is 0.257 e. The fraction of sp³-hybridized carbons (Fsp3) is 0.353. The second-order valence-electron chi connectivity index (χ2n) is 5.66. The van der Waals surface area contributed by atoms with Crippen molar-refractivity contribution in [3.63, 3.8) is 0 Å². The van der Waals surface area contributed by atoms with Gasteiger partial charge in [-0.15, -0.1) is 0 Å². The molecular formula is C17H18ClFN2O2. The molecule has 1 aromatic heterocycles. The standard InChI is InChI=1S/C17H18ClFN2O2/c1-12-13(5-10-23-12)17(22)21-8-6-20(7-9-21)11-14-15(18)3-2-4-16(14)19/h2-5,10H,6-9,11H2,1H3. The molecule has 0 radical (unpaired) electrons.